The molecule has 1 unspecified atom stereocenters. The first-order valence-corrected chi connectivity index (χ1v) is 7.06. The van der Waals surface area contributed by atoms with Crippen molar-refractivity contribution >= 4 is 27.6 Å². The van der Waals surface area contributed by atoms with Crippen molar-refractivity contribution in [3.63, 3.8) is 0 Å². The van der Waals surface area contributed by atoms with Crippen LogP contribution in [0.5, 0.6) is 0 Å². The van der Waals surface area contributed by atoms with Crippen LogP contribution in [0.3, 0.4) is 0 Å². The van der Waals surface area contributed by atoms with Gasteiger partial charge in [-0.1, -0.05) is 40.2 Å². The number of aryl methyl sites for hydroxylation is 1. The van der Waals surface area contributed by atoms with Crippen LogP contribution in [0, 0.1) is 6.92 Å². The quantitative estimate of drug-likeness (QED) is 0.856. The van der Waals surface area contributed by atoms with Gasteiger partial charge in [0.2, 0.25) is 0 Å². The van der Waals surface area contributed by atoms with Crippen molar-refractivity contribution < 1.29 is 9.53 Å². The normalized spacial score (nSPS) is 11.8. The number of hydrogen-bond donors (Lipinski definition) is 1. The summed E-state index contributed by atoms with van der Waals surface area (Å²) in [7, 11) is 1.40. The molecule has 20 heavy (non-hydrogen) atoms. The zero-order valence-electron chi connectivity index (χ0n) is 11.4. The van der Waals surface area contributed by atoms with E-state index in [2.05, 4.69) is 21.2 Å². The van der Waals surface area contributed by atoms with E-state index in [1.165, 1.54) is 7.11 Å². The number of halogens is 1. The molecule has 4 heteroatoms. The highest BCUT2D eigenvalue weighted by atomic mass is 79.9. The van der Waals surface area contributed by atoms with Crippen molar-refractivity contribution in [1.82, 2.24) is 0 Å². The Hall–Kier alpha value is -1.81. The van der Waals surface area contributed by atoms with E-state index in [9.17, 15) is 4.79 Å². The molecule has 0 spiro atoms. The smallest absolute Gasteiger partial charge is 0.332 e. The molecule has 2 aromatic rings. The van der Waals surface area contributed by atoms with Gasteiger partial charge in [0.1, 0.15) is 0 Å². The molecule has 1 N–H and O–H groups in total. The van der Waals surface area contributed by atoms with Gasteiger partial charge in [-0.05, 0) is 42.3 Å². The van der Waals surface area contributed by atoms with Crippen LogP contribution in [0.2, 0.25) is 0 Å². The van der Waals surface area contributed by atoms with E-state index < -0.39 is 6.04 Å². The number of esters is 1. The number of carbonyl (C=O) groups is 1. The Morgan fingerprint density at radius 2 is 1.80 bits per heavy atom. The van der Waals surface area contributed by atoms with Gasteiger partial charge in [-0.15, -0.1) is 0 Å². The summed E-state index contributed by atoms with van der Waals surface area (Å²) in [5.41, 5.74) is 2.83. The minimum Gasteiger partial charge on any atom is -0.467 e. The van der Waals surface area contributed by atoms with E-state index in [1.807, 2.05) is 55.5 Å². The van der Waals surface area contributed by atoms with E-state index >= 15 is 0 Å². The largest absolute Gasteiger partial charge is 0.467 e. The van der Waals surface area contributed by atoms with Gasteiger partial charge in [-0.2, -0.15) is 0 Å². The molecule has 3 nitrogen and oxygen atoms in total. The minimum absolute atomic E-state index is 0.304. The van der Waals surface area contributed by atoms with Crippen LogP contribution in [-0.4, -0.2) is 13.1 Å². The summed E-state index contributed by atoms with van der Waals surface area (Å²) in [6.45, 7) is 1.98. The number of ether oxygens (including phenoxy) is 1. The number of hydrogen-bond acceptors (Lipinski definition) is 3. The molecule has 0 amide bonds. The lowest BCUT2D eigenvalue weighted by Gasteiger charge is -2.19. The Kier molecular flexibility index (Phi) is 4.79. The maximum atomic E-state index is 12.0. The third-order valence-corrected chi connectivity index (χ3v) is 3.62. The summed E-state index contributed by atoms with van der Waals surface area (Å²) in [4.78, 5) is 12.0. The highest BCUT2D eigenvalue weighted by molar-refractivity contribution is 9.10. The fourth-order valence-corrected chi connectivity index (χ4v) is 2.27. The number of rotatable bonds is 4. The second-order valence-electron chi connectivity index (χ2n) is 4.46. The summed E-state index contributed by atoms with van der Waals surface area (Å²) in [5.74, 6) is -0.304. The summed E-state index contributed by atoms with van der Waals surface area (Å²) >= 11 is 3.39. The molecule has 0 bridgehead atoms. The number of carbonyl (C=O) groups excluding carboxylic acids is 1. The fourth-order valence-electron chi connectivity index (χ4n) is 2.00. The molecule has 104 valence electrons. The third kappa shape index (κ3) is 3.39. The number of anilines is 1. The van der Waals surface area contributed by atoms with Gasteiger partial charge in [0.15, 0.2) is 6.04 Å². The standard InChI is InChI=1S/C16H16BrNO2/c1-11-5-3-4-6-14(11)15(16(19)20-2)18-13-9-7-12(17)8-10-13/h3-10,15,18H,1-2H3. The lowest BCUT2D eigenvalue weighted by atomic mass is 10.0. The molecule has 0 fully saturated rings. The van der Waals surface area contributed by atoms with Gasteiger partial charge >= 0.3 is 5.97 Å². The Morgan fingerprint density at radius 3 is 2.40 bits per heavy atom. The molecule has 0 aliphatic rings. The van der Waals surface area contributed by atoms with Gasteiger partial charge in [-0.3, -0.25) is 0 Å². The summed E-state index contributed by atoms with van der Waals surface area (Å²) in [6, 6.07) is 15.0. The average molecular weight is 334 g/mol. The summed E-state index contributed by atoms with van der Waals surface area (Å²) < 4.78 is 5.90. The maximum Gasteiger partial charge on any atom is 0.332 e. The molecular formula is C16H16BrNO2. The van der Waals surface area contributed by atoms with E-state index in [0.717, 1.165) is 21.3 Å². The Labute approximate surface area is 127 Å². The maximum absolute atomic E-state index is 12.0. The summed E-state index contributed by atoms with van der Waals surface area (Å²) in [6.07, 6.45) is 0. The van der Waals surface area contributed by atoms with E-state index in [-0.39, 0.29) is 5.97 Å². The lowest BCUT2D eigenvalue weighted by molar-refractivity contribution is -0.141. The van der Waals surface area contributed by atoms with Crippen LogP contribution in [0.25, 0.3) is 0 Å². The molecule has 1 atom stereocenters. The van der Waals surface area contributed by atoms with Crippen molar-refractivity contribution in [1.29, 1.82) is 0 Å². The van der Waals surface area contributed by atoms with Gasteiger partial charge in [0, 0.05) is 10.2 Å². The highest BCUT2D eigenvalue weighted by Gasteiger charge is 2.22. The first kappa shape index (κ1) is 14.6. The third-order valence-electron chi connectivity index (χ3n) is 3.09. The molecule has 0 saturated heterocycles. The first-order valence-electron chi connectivity index (χ1n) is 6.27. The molecule has 0 radical (unpaired) electrons. The molecule has 0 aliphatic heterocycles. The topological polar surface area (TPSA) is 38.3 Å². The van der Waals surface area contributed by atoms with Crippen molar-refractivity contribution in [3.05, 3.63) is 64.1 Å². The molecule has 0 aromatic heterocycles. The van der Waals surface area contributed by atoms with E-state index in [1.54, 1.807) is 0 Å². The van der Waals surface area contributed by atoms with Crippen molar-refractivity contribution in [3.8, 4) is 0 Å². The minimum atomic E-state index is -0.512. The molecule has 0 saturated carbocycles. The van der Waals surface area contributed by atoms with Gasteiger partial charge in [0.25, 0.3) is 0 Å². The highest BCUT2D eigenvalue weighted by Crippen LogP contribution is 2.24. The monoisotopic (exact) mass is 333 g/mol. The van der Waals surface area contributed by atoms with Crippen LogP contribution in [0.1, 0.15) is 17.2 Å². The van der Waals surface area contributed by atoms with Gasteiger partial charge < -0.3 is 10.1 Å². The SMILES string of the molecule is COC(=O)C(Nc1ccc(Br)cc1)c1ccccc1C. The average Bonchev–Trinajstić information content (AvgIpc) is 2.47. The Morgan fingerprint density at radius 1 is 1.15 bits per heavy atom. The predicted octanol–water partition coefficient (Wildman–Crippen LogP) is 4.08. The van der Waals surface area contributed by atoms with Crippen LogP contribution >= 0.6 is 15.9 Å². The predicted molar refractivity (Wildman–Crippen MR) is 83.7 cm³/mol. The second-order valence-corrected chi connectivity index (χ2v) is 5.38. The molecule has 2 rings (SSSR count). The Bertz CT molecular complexity index is 596. The molecule has 0 heterocycles. The lowest BCUT2D eigenvalue weighted by Crippen LogP contribution is -2.23. The van der Waals surface area contributed by atoms with Crippen molar-refractivity contribution in [2.75, 3.05) is 12.4 Å². The number of benzene rings is 2. The zero-order chi connectivity index (χ0) is 14.5. The van der Waals surface area contributed by atoms with Crippen LogP contribution in [-0.2, 0) is 9.53 Å². The number of methoxy groups -OCH3 is 1. The van der Waals surface area contributed by atoms with Crippen LogP contribution in [0.4, 0.5) is 5.69 Å². The van der Waals surface area contributed by atoms with Gasteiger partial charge in [0.05, 0.1) is 7.11 Å². The number of nitrogens with one attached hydrogen (secondary N) is 1. The second kappa shape index (κ2) is 6.57. The van der Waals surface area contributed by atoms with Crippen LogP contribution in [0.15, 0.2) is 53.0 Å². The van der Waals surface area contributed by atoms with E-state index in [0.29, 0.717) is 0 Å². The van der Waals surface area contributed by atoms with Gasteiger partial charge in [-0.25, -0.2) is 4.79 Å². The van der Waals surface area contributed by atoms with Crippen LogP contribution < -0.4 is 5.32 Å². The molecular weight excluding hydrogens is 318 g/mol. The van der Waals surface area contributed by atoms with Crippen molar-refractivity contribution in [2.45, 2.75) is 13.0 Å². The van der Waals surface area contributed by atoms with E-state index in [4.69, 9.17) is 4.74 Å². The van der Waals surface area contributed by atoms with Crippen molar-refractivity contribution in [2.24, 2.45) is 0 Å². The Balaban J connectivity index is 2.31. The molecule has 0 aliphatic carbocycles. The molecule has 2 aromatic carbocycles. The zero-order valence-corrected chi connectivity index (χ0v) is 13.0. The fraction of sp³-hybridized carbons (Fsp3) is 0.188. The summed E-state index contributed by atoms with van der Waals surface area (Å²) in [5, 5.41) is 3.22. The first-order chi connectivity index (χ1) is 9.61.